The molecule has 1 aliphatic rings. The number of carbonyl (C=O) groups is 1. The lowest BCUT2D eigenvalue weighted by atomic mass is 9.81. The van der Waals surface area contributed by atoms with E-state index in [-0.39, 0.29) is 11.8 Å². The summed E-state index contributed by atoms with van der Waals surface area (Å²) in [5.41, 5.74) is 0.665. The van der Waals surface area contributed by atoms with E-state index >= 15 is 0 Å². The number of piperidine rings is 1. The summed E-state index contributed by atoms with van der Waals surface area (Å²) in [6.45, 7) is 6.06. The standard InChI is InChI=1S/C17H25NO3/c1-17(2,12-16(19)20)13-4-6-14(7-5-13)21-15-8-10-18(3)11-9-15/h4-7,15H,8-12H2,1-3H3,(H,19,20). The normalized spacial score (nSPS) is 17.7. The third kappa shape index (κ3) is 4.46. The summed E-state index contributed by atoms with van der Waals surface area (Å²) in [6, 6.07) is 7.87. The number of nitrogens with zero attached hydrogens (tertiary/aromatic N) is 1. The highest BCUT2D eigenvalue weighted by Crippen LogP contribution is 2.29. The van der Waals surface area contributed by atoms with Gasteiger partial charge in [0.2, 0.25) is 0 Å². The minimum atomic E-state index is -0.772. The van der Waals surface area contributed by atoms with Crippen LogP contribution in [0.1, 0.15) is 38.7 Å². The Hall–Kier alpha value is -1.55. The summed E-state index contributed by atoms with van der Waals surface area (Å²) in [6.07, 6.45) is 2.53. The molecule has 0 saturated carbocycles. The predicted molar refractivity (Wildman–Crippen MR) is 82.9 cm³/mol. The Labute approximate surface area is 126 Å². The Kier molecular flexibility index (Phi) is 4.88. The van der Waals surface area contributed by atoms with Crippen LogP contribution < -0.4 is 4.74 Å². The summed E-state index contributed by atoms with van der Waals surface area (Å²) >= 11 is 0. The van der Waals surface area contributed by atoms with Gasteiger partial charge in [0.05, 0.1) is 6.42 Å². The molecule has 1 aliphatic heterocycles. The first kappa shape index (κ1) is 15.8. The summed E-state index contributed by atoms with van der Waals surface area (Å²) in [5.74, 6) is 0.103. The van der Waals surface area contributed by atoms with Gasteiger partial charge in [-0.25, -0.2) is 0 Å². The molecule has 1 aromatic carbocycles. The second-order valence-electron chi connectivity index (χ2n) is 6.60. The Morgan fingerprint density at radius 1 is 1.29 bits per heavy atom. The largest absolute Gasteiger partial charge is 0.490 e. The Balaban J connectivity index is 1.97. The molecule has 1 aromatic rings. The number of likely N-dealkylation sites (tertiary alicyclic amines) is 1. The van der Waals surface area contributed by atoms with Gasteiger partial charge in [-0.2, -0.15) is 0 Å². The molecule has 0 atom stereocenters. The molecule has 1 N–H and O–H groups in total. The highest BCUT2D eigenvalue weighted by Gasteiger charge is 2.24. The number of aliphatic carboxylic acids is 1. The summed E-state index contributed by atoms with van der Waals surface area (Å²) in [4.78, 5) is 13.2. The van der Waals surface area contributed by atoms with Crippen LogP contribution in [0, 0.1) is 0 Å². The van der Waals surface area contributed by atoms with Crippen molar-refractivity contribution >= 4 is 5.97 Å². The average molecular weight is 291 g/mol. The van der Waals surface area contributed by atoms with E-state index < -0.39 is 5.97 Å². The van der Waals surface area contributed by atoms with Crippen molar-refractivity contribution in [2.24, 2.45) is 0 Å². The molecule has 0 amide bonds. The van der Waals surface area contributed by atoms with Crippen LogP contribution in [-0.4, -0.2) is 42.2 Å². The minimum Gasteiger partial charge on any atom is -0.490 e. The molecule has 1 fully saturated rings. The quantitative estimate of drug-likeness (QED) is 0.906. The van der Waals surface area contributed by atoms with Crippen molar-refractivity contribution in [1.82, 2.24) is 4.90 Å². The highest BCUT2D eigenvalue weighted by atomic mass is 16.5. The van der Waals surface area contributed by atoms with Crippen molar-refractivity contribution in [3.05, 3.63) is 29.8 Å². The zero-order valence-corrected chi connectivity index (χ0v) is 13.1. The van der Waals surface area contributed by atoms with Crippen molar-refractivity contribution in [2.45, 2.75) is 44.6 Å². The fraction of sp³-hybridized carbons (Fsp3) is 0.588. The van der Waals surface area contributed by atoms with Crippen molar-refractivity contribution < 1.29 is 14.6 Å². The van der Waals surface area contributed by atoms with Gasteiger partial charge in [-0.15, -0.1) is 0 Å². The first-order valence-corrected chi connectivity index (χ1v) is 7.54. The smallest absolute Gasteiger partial charge is 0.304 e. The van der Waals surface area contributed by atoms with E-state index in [1.54, 1.807) is 0 Å². The fourth-order valence-corrected chi connectivity index (χ4v) is 2.76. The van der Waals surface area contributed by atoms with Crippen LogP contribution in [0.25, 0.3) is 0 Å². The SMILES string of the molecule is CN1CCC(Oc2ccc(C(C)(C)CC(=O)O)cc2)CC1. The number of carboxylic acids is 1. The van der Waals surface area contributed by atoms with E-state index in [1.165, 1.54) is 0 Å². The molecule has 1 heterocycles. The lowest BCUT2D eigenvalue weighted by Gasteiger charge is -2.29. The maximum atomic E-state index is 10.9. The fourth-order valence-electron chi connectivity index (χ4n) is 2.76. The average Bonchev–Trinajstić information content (AvgIpc) is 2.41. The zero-order valence-electron chi connectivity index (χ0n) is 13.1. The second kappa shape index (κ2) is 6.48. The lowest BCUT2D eigenvalue weighted by Crippen LogP contribution is -2.35. The number of benzene rings is 1. The molecule has 0 spiro atoms. The van der Waals surface area contributed by atoms with Crippen LogP contribution in [0.5, 0.6) is 5.75 Å². The van der Waals surface area contributed by atoms with Crippen molar-refractivity contribution in [3.8, 4) is 5.75 Å². The number of rotatable bonds is 5. The van der Waals surface area contributed by atoms with E-state index in [9.17, 15) is 4.79 Å². The number of carboxylic acid groups (broad SMARTS) is 1. The number of hydrogen-bond donors (Lipinski definition) is 1. The van der Waals surface area contributed by atoms with Crippen LogP contribution in [0.3, 0.4) is 0 Å². The predicted octanol–water partition coefficient (Wildman–Crippen LogP) is 2.91. The van der Waals surface area contributed by atoms with Gasteiger partial charge in [0, 0.05) is 18.5 Å². The molecule has 4 heteroatoms. The number of ether oxygens (including phenoxy) is 1. The molecule has 2 rings (SSSR count). The van der Waals surface area contributed by atoms with Gasteiger partial charge >= 0.3 is 5.97 Å². The lowest BCUT2D eigenvalue weighted by molar-refractivity contribution is -0.138. The molecular weight excluding hydrogens is 266 g/mol. The summed E-state index contributed by atoms with van der Waals surface area (Å²) < 4.78 is 6.01. The van der Waals surface area contributed by atoms with Crippen LogP contribution >= 0.6 is 0 Å². The van der Waals surface area contributed by atoms with Gasteiger partial charge in [0.25, 0.3) is 0 Å². The van der Waals surface area contributed by atoms with Gasteiger partial charge in [-0.05, 0) is 37.6 Å². The van der Waals surface area contributed by atoms with E-state index in [4.69, 9.17) is 9.84 Å². The van der Waals surface area contributed by atoms with Crippen molar-refractivity contribution in [1.29, 1.82) is 0 Å². The van der Waals surface area contributed by atoms with Crippen LogP contribution in [0.2, 0.25) is 0 Å². The maximum absolute atomic E-state index is 10.9. The summed E-state index contributed by atoms with van der Waals surface area (Å²) in [5, 5.41) is 8.97. The number of hydrogen-bond acceptors (Lipinski definition) is 3. The van der Waals surface area contributed by atoms with Gasteiger partial charge in [0.1, 0.15) is 11.9 Å². The molecular formula is C17H25NO3. The zero-order chi connectivity index (χ0) is 15.5. The van der Waals surface area contributed by atoms with Gasteiger partial charge in [-0.1, -0.05) is 26.0 Å². The summed E-state index contributed by atoms with van der Waals surface area (Å²) in [7, 11) is 2.13. The first-order chi connectivity index (χ1) is 9.87. The van der Waals surface area contributed by atoms with Gasteiger partial charge in [0.15, 0.2) is 0 Å². The molecule has 0 unspecified atom stereocenters. The Morgan fingerprint density at radius 2 is 1.86 bits per heavy atom. The van der Waals surface area contributed by atoms with E-state index in [0.717, 1.165) is 37.2 Å². The molecule has 116 valence electrons. The Bertz CT molecular complexity index is 473. The first-order valence-electron chi connectivity index (χ1n) is 7.54. The minimum absolute atomic E-state index is 0.127. The second-order valence-corrected chi connectivity index (χ2v) is 6.60. The molecule has 0 aliphatic carbocycles. The Morgan fingerprint density at radius 3 is 2.38 bits per heavy atom. The van der Waals surface area contributed by atoms with Crippen LogP contribution in [-0.2, 0) is 10.2 Å². The third-order valence-electron chi connectivity index (χ3n) is 4.20. The van der Waals surface area contributed by atoms with Gasteiger partial charge in [-0.3, -0.25) is 4.79 Å². The van der Waals surface area contributed by atoms with Gasteiger partial charge < -0.3 is 14.7 Å². The molecule has 0 radical (unpaired) electrons. The van der Waals surface area contributed by atoms with Crippen LogP contribution in [0.15, 0.2) is 24.3 Å². The molecule has 21 heavy (non-hydrogen) atoms. The van der Waals surface area contributed by atoms with Crippen molar-refractivity contribution in [2.75, 3.05) is 20.1 Å². The molecule has 0 bridgehead atoms. The molecule has 1 saturated heterocycles. The van der Waals surface area contributed by atoms with E-state index in [0.29, 0.717) is 6.10 Å². The monoisotopic (exact) mass is 291 g/mol. The topological polar surface area (TPSA) is 49.8 Å². The molecule has 0 aromatic heterocycles. The van der Waals surface area contributed by atoms with E-state index in [2.05, 4.69) is 11.9 Å². The van der Waals surface area contributed by atoms with E-state index in [1.807, 2.05) is 38.1 Å². The van der Waals surface area contributed by atoms with Crippen LogP contribution in [0.4, 0.5) is 0 Å². The highest BCUT2D eigenvalue weighted by molar-refractivity contribution is 5.68. The molecule has 4 nitrogen and oxygen atoms in total. The third-order valence-corrected chi connectivity index (χ3v) is 4.20. The maximum Gasteiger partial charge on any atom is 0.304 e. The van der Waals surface area contributed by atoms with Crippen molar-refractivity contribution in [3.63, 3.8) is 0 Å².